The van der Waals surface area contributed by atoms with Crippen LogP contribution in [0, 0.1) is 5.92 Å². The first-order valence-electron chi connectivity index (χ1n) is 7.95. The van der Waals surface area contributed by atoms with Crippen molar-refractivity contribution in [2.45, 2.75) is 32.1 Å². The molecule has 0 amide bonds. The third kappa shape index (κ3) is 3.74. The van der Waals surface area contributed by atoms with Crippen LogP contribution in [0.1, 0.15) is 37.9 Å². The maximum atomic E-state index is 5.51. The van der Waals surface area contributed by atoms with Gasteiger partial charge in [-0.2, -0.15) is 0 Å². The fourth-order valence-electron chi connectivity index (χ4n) is 3.28. The molecule has 1 saturated heterocycles. The van der Waals surface area contributed by atoms with Gasteiger partial charge in [0, 0.05) is 31.9 Å². The van der Waals surface area contributed by atoms with E-state index in [-0.39, 0.29) is 0 Å². The molecular weight excluding hydrogens is 250 g/mol. The predicted octanol–water partition coefficient (Wildman–Crippen LogP) is 3.58. The average Bonchev–Trinajstić information content (AvgIpc) is 3.03. The van der Waals surface area contributed by atoms with Gasteiger partial charge in [-0.1, -0.05) is 6.08 Å². The summed E-state index contributed by atoms with van der Waals surface area (Å²) in [6, 6.07) is 4.04. The molecular formula is C17H25NO2. The van der Waals surface area contributed by atoms with Crippen LogP contribution in [0.25, 0.3) is 5.57 Å². The third-order valence-corrected chi connectivity index (χ3v) is 4.50. The van der Waals surface area contributed by atoms with E-state index in [4.69, 9.17) is 9.15 Å². The highest BCUT2D eigenvalue weighted by Gasteiger charge is 2.17. The van der Waals surface area contributed by atoms with Crippen molar-refractivity contribution in [3.05, 3.63) is 30.2 Å². The molecule has 3 nitrogen and oxygen atoms in total. The highest BCUT2D eigenvalue weighted by molar-refractivity contribution is 5.63. The van der Waals surface area contributed by atoms with E-state index >= 15 is 0 Å². The quantitative estimate of drug-likeness (QED) is 0.821. The second-order valence-corrected chi connectivity index (χ2v) is 5.97. The fraction of sp³-hybridized carbons (Fsp3) is 0.647. The third-order valence-electron chi connectivity index (χ3n) is 4.50. The molecule has 0 spiro atoms. The molecule has 2 aliphatic heterocycles. The normalized spacial score (nSPS) is 21.9. The second-order valence-electron chi connectivity index (χ2n) is 5.97. The number of hydrogen-bond donors (Lipinski definition) is 0. The van der Waals surface area contributed by atoms with Crippen molar-refractivity contribution in [1.29, 1.82) is 0 Å². The molecule has 1 fully saturated rings. The van der Waals surface area contributed by atoms with Crippen LogP contribution >= 0.6 is 0 Å². The van der Waals surface area contributed by atoms with Gasteiger partial charge in [-0.25, -0.2) is 0 Å². The van der Waals surface area contributed by atoms with Crippen LogP contribution in [0.2, 0.25) is 0 Å². The van der Waals surface area contributed by atoms with Crippen molar-refractivity contribution in [3.63, 3.8) is 0 Å². The van der Waals surface area contributed by atoms with E-state index in [0.29, 0.717) is 0 Å². The summed E-state index contributed by atoms with van der Waals surface area (Å²) < 4.78 is 10.9. The summed E-state index contributed by atoms with van der Waals surface area (Å²) in [5, 5.41) is 0. The van der Waals surface area contributed by atoms with Gasteiger partial charge in [-0.15, -0.1) is 0 Å². The minimum Gasteiger partial charge on any atom is -0.465 e. The molecule has 3 heteroatoms. The lowest BCUT2D eigenvalue weighted by molar-refractivity contribution is 0.0624. The van der Waals surface area contributed by atoms with Crippen LogP contribution in [0.3, 0.4) is 0 Å². The van der Waals surface area contributed by atoms with E-state index in [0.717, 1.165) is 37.9 Å². The molecule has 2 aliphatic rings. The Balaban J connectivity index is 1.41. The topological polar surface area (TPSA) is 25.6 Å². The molecule has 0 saturated carbocycles. The van der Waals surface area contributed by atoms with E-state index in [9.17, 15) is 0 Å². The lowest BCUT2D eigenvalue weighted by Gasteiger charge is -2.28. The molecule has 1 aromatic rings. The number of furan rings is 1. The average molecular weight is 275 g/mol. The Hall–Kier alpha value is -1.06. The molecule has 3 rings (SSSR count). The van der Waals surface area contributed by atoms with E-state index in [2.05, 4.69) is 17.0 Å². The second kappa shape index (κ2) is 7.09. The zero-order valence-corrected chi connectivity index (χ0v) is 12.2. The zero-order chi connectivity index (χ0) is 13.6. The van der Waals surface area contributed by atoms with Gasteiger partial charge < -0.3 is 9.15 Å². The molecule has 0 unspecified atom stereocenters. The smallest absolute Gasteiger partial charge is 0.130 e. The predicted molar refractivity (Wildman–Crippen MR) is 80.5 cm³/mol. The van der Waals surface area contributed by atoms with Crippen LogP contribution in [0.5, 0.6) is 0 Å². The van der Waals surface area contributed by atoms with Crippen LogP contribution in [-0.4, -0.2) is 37.7 Å². The maximum absolute atomic E-state index is 5.51. The van der Waals surface area contributed by atoms with E-state index in [1.165, 1.54) is 44.3 Å². The van der Waals surface area contributed by atoms with Crippen molar-refractivity contribution < 1.29 is 9.15 Å². The zero-order valence-electron chi connectivity index (χ0n) is 12.2. The molecule has 3 heterocycles. The molecule has 20 heavy (non-hydrogen) atoms. The van der Waals surface area contributed by atoms with Crippen molar-refractivity contribution >= 4 is 5.57 Å². The van der Waals surface area contributed by atoms with Crippen molar-refractivity contribution in [3.8, 4) is 0 Å². The molecule has 0 radical (unpaired) electrons. The number of nitrogens with zero attached hydrogens (tertiary/aromatic N) is 1. The number of ether oxygens (including phenoxy) is 1. The summed E-state index contributed by atoms with van der Waals surface area (Å²) in [4.78, 5) is 2.57. The summed E-state index contributed by atoms with van der Waals surface area (Å²) in [7, 11) is 0. The molecule has 0 aromatic carbocycles. The van der Waals surface area contributed by atoms with Gasteiger partial charge in [0.1, 0.15) is 5.76 Å². The first kappa shape index (κ1) is 13.9. The number of rotatable bonds is 5. The highest BCUT2D eigenvalue weighted by atomic mass is 16.5. The number of hydrogen-bond acceptors (Lipinski definition) is 3. The van der Waals surface area contributed by atoms with Gasteiger partial charge in [0.2, 0.25) is 0 Å². The molecule has 0 bridgehead atoms. The fourth-order valence-corrected chi connectivity index (χ4v) is 3.28. The maximum Gasteiger partial charge on any atom is 0.130 e. The highest BCUT2D eigenvalue weighted by Crippen LogP contribution is 2.23. The van der Waals surface area contributed by atoms with Gasteiger partial charge in [-0.05, 0) is 56.7 Å². The van der Waals surface area contributed by atoms with Crippen LogP contribution in [0.4, 0.5) is 0 Å². The summed E-state index contributed by atoms with van der Waals surface area (Å²) in [5.41, 5.74) is 1.35. The summed E-state index contributed by atoms with van der Waals surface area (Å²) in [5.74, 6) is 1.94. The van der Waals surface area contributed by atoms with Crippen molar-refractivity contribution in [2.24, 2.45) is 5.92 Å². The van der Waals surface area contributed by atoms with Gasteiger partial charge in [0.15, 0.2) is 0 Å². The Morgan fingerprint density at radius 3 is 2.95 bits per heavy atom. The summed E-state index contributed by atoms with van der Waals surface area (Å²) in [6.07, 6.45) is 10.4. The Labute approximate surface area is 121 Å². The van der Waals surface area contributed by atoms with Crippen molar-refractivity contribution in [2.75, 3.05) is 32.8 Å². The van der Waals surface area contributed by atoms with E-state index in [1.54, 1.807) is 6.26 Å². The molecule has 110 valence electrons. The standard InChI is InChI=1S/C17H25NO2/c1(4-15-7-12-19-13-8-15)9-18-10-2-5-16(14-18)17-6-3-11-20-17/h3,5-6,11,15H,1-2,4,7-10,12-14H2. The molecule has 0 atom stereocenters. The molecule has 0 aliphatic carbocycles. The first-order valence-corrected chi connectivity index (χ1v) is 7.95. The Morgan fingerprint density at radius 1 is 1.25 bits per heavy atom. The van der Waals surface area contributed by atoms with Crippen molar-refractivity contribution in [1.82, 2.24) is 4.90 Å². The molecule has 0 N–H and O–H groups in total. The Morgan fingerprint density at radius 2 is 2.15 bits per heavy atom. The lowest BCUT2D eigenvalue weighted by atomic mass is 9.94. The van der Waals surface area contributed by atoms with Gasteiger partial charge in [0.05, 0.1) is 6.26 Å². The van der Waals surface area contributed by atoms with Crippen LogP contribution in [0.15, 0.2) is 28.9 Å². The first-order chi connectivity index (χ1) is 9.92. The van der Waals surface area contributed by atoms with E-state index in [1.807, 2.05) is 6.07 Å². The summed E-state index contributed by atoms with van der Waals surface area (Å²) >= 11 is 0. The minimum atomic E-state index is 0.897. The molecule has 1 aromatic heterocycles. The van der Waals surface area contributed by atoms with Crippen LogP contribution < -0.4 is 0 Å². The lowest BCUT2D eigenvalue weighted by Crippen LogP contribution is -2.30. The van der Waals surface area contributed by atoms with Gasteiger partial charge in [0.25, 0.3) is 0 Å². The Bertz CT molecular complexity index is 418. The summed E-state index contributed by atoms with van der Waals surface area (Å²) in [6.45, 7) is 5.40. The monoisotopic (exact) mass is 275 g/mol. The Kier molecular flexibility index (Phi) is 4.93. The SMILES string of the molecule is C1=C(c2ccco2)CN(CCCC2CCOCC2)CC1. The minimum absolute atomic E-state index is 0.897. The largest absolute Gasteiger partial charge is 0.465 e. The van der Waals surface area contributed by atoms with Crippen LogP contribution in [-0.2, 0) is 4.74 Å². The van der Waals surface area contributed by atoms with E-state index < -0.39 is 0 Å². The van der Waals surface area contributed by atoms with Gasteiger partial charge >= 0.3 is 0 Å². The van der Waals surface area contributed by atoms with Gasteiger partial charge in [-0.3, -0.25) is 4.90 Å².